The van der Waals surface area contributed by atoms with E-state index >= 15 is 0 Å². The number of nitrogens with zero attached hydrogens (tertiary/aromatic N) is 4. The highest BCUT2D eigenvalue weighted by molar-refractivity contribution is 7.09. The lowest BCUT2D eigenvalue weighted by Crippen LogP contribution is -2.38. The van der Waals surface area contributed by atoms with E-state index in [1.807, 2.05) is 26.4 Å². The zero-order valence-corrected chi connectivity index (χ0v) is 14.5. The molecule has 0 fully saturated rings. The highest BCUT2D eigenvalue weighted by atomic mass is 32.1. The SMILES string of the molecule is CCNC(=NCc1scnc1C)N(C)Cc1csc(C)n1. The van der Waals surface area contributed by atoms with Crippen molar-refractivity contribution in [3.63, 3.8) is 0 Å². The van der Waals surface area contributed by atoms with E-state index in [4.69, 9.17) is 4.99 Å². The molecule has 2 rings (SSSR count). The van der Waals surface area contributed by atoms with Crippen molar-refractivity contribution in [2.75, 3.05) is 13.6 Å². The van der Waals surface area contributed by atoms with Crippen LogP contribution in [0.1, 0.15) is 28.2 Å². The van der Waals surface area contributed by atoms with E-state index in [0.717, 1.165) is 35.4 Å². The first-order chi connectivity index (χ1) is 10.1. The summed E-state index contributed by atoms with van der Waals surface area (Å²) in [5.41, 5.74) is 4.02. The molecule has 0 radical (unpaired) electrons. The molecule has 7 heteroatoms. The van der Waals surface area contributed by atoms with Crippen LogP contribution in [0.5, 0.6) is 0 Å². The number of aliphatic imine (C=N–C) groups is 1. The first-order valence-corrected chi connectivity index (χ1v) is 8.65. The Hall–Kier alpha value is -1.47. The molecule has 0 atom stereocenters. The Labute approximate surface area is 133 Å². The molecule has 0 amide bonds. The molecule has 0 saturated heterocycles. The van der Waals surface area contributed by atoms with Crippen LogP contribution in [0.2, 0.25) is 0 Å². The Kier molecular flexibility index (Phi) is 5.69. The average molecular weight is 323 g/mol. The quantitative estimate of drug-likeness (QED) is 0.679. The fourth-order valence-corrected chi connectivity index (χ4v) is 3.20. The van der Waals surface area contributed by atoms with Gasteiger partial charge in [-0.15, -0.1) is 22.7 Å². The molecule has 2 aromatic heterocycles. The maximum atomic E-state index is 4.70. The standard InChI is InChI=1S/C14H21N5S2/c1-5-15-14(16-6-13-10(2)17-9-21-13)19(4)7-12-8-20-11(3)18-12/h8-9H,5-7H2,1-4H3,(H,15,16). The summed E-state index contributed by atoms with van der Waals surface area (Å²) in [6.07, 6.45) is 0. The zero-order chi connectivity index (χ0) is 15.2. The van der Waals surface area contributed by atoms with Crippen molar-refractivity contribution >= 4 is 28.6 Å². The summed E-state index contributed by atoms with van der Waals surface area (Å²) in [5.74, 6) is 0.899. The van der Waals surface area contributed by atoms with Crippen molar-refractivity contribution in [1.29, 1.82) is 0 Å². The van der Waals surface area contributed by atoms with Crippen molar-refractivity contribution < 1.29 is 0 Å². The Morgan fingerprint density at radius 2 is 2.19 bits per heavy atom. The molecule has 21 heavy (non-hydrogen) atoms. The predicted molar refractivity (Wildman–Crippen MR) is 90.0 cm³/mol. The van der Waals surface area contributed by atoms with E-state index < -0.39 is 0 Å². The molecule has 0 spiro atoms. The van der Waals surface area contributed by atoms with Gasteiger partial charge in [0, 0.05) is 23.8 Å². The van der Waals surface area contributed by atoms with Gasteiger partial charge in [0.15, 0.2) is 5.96 Å². The Bertz CT molecular complexity index is 602. The van der Waals surface area contributed by atoms with Gasteiger partial charge in [0.2, 0.25) is 0 Å². The highest BCUT2D eigenvalue weighted by Gasteiger charge is 2.09. The molecule has 2 heterocycles. The largest absolute Gasteiger partial charge is 0.357 e. The van der Waals surface area contributed by atoms with Gasteiger partial charge < -0.3 is 10.2 Å². The molecule has 0 saturated carbocycles. The third-order valence-corrected chi connectivity index (χ3v) is 4.72. The van der Waals surface area contributed by atoms with Crippen LogP contribution in [0.3, 0.4) is 0 Å². The maximum absolute atomic E-state index is 4.70. The normalized spacial score (nSPS) is 11.7. The number of aromatic nitrogens is 2. The van der Waals surface area contributed by atoms with Crippen LogP contribution >= 0.6 is 22.7 Å². The van der Waals surface area contributed by atoms with Crippen molar-refractivity contribution in [2.45, 2.75) is 33.9 Å². The Balaban J connectivity index is 2.04. The number of nitrogens with one attached hydrogen (secondary N) is 1. The smallest absolute Gasteiger partial charge is 0.194 e. The van der Waals surface area contributed by atoms with E-state index in [9.17, 15) is 0 Å². The molecule has 0 unspecified atom stereocenters. The minimum Gasteiger partial charge on any atom is -0.357 e. The number of hydrogen-bond acceptors (Lipinski definition) is 5. The topological polar surface area (TPSA) is 53.4 Å². The van der Waals surface area contributed by atoms with E-state index in [1.165, 1.54) is 4.88 Å². The van der Waals surface area contributed by atoms with Crippen LogP contribution in [-0.4, -0.2) is 34.4 Å². The maximum Gasteiger partial charge on any atom is 0.194 e. The summed E-state index contributed by atoms with van der Waals surface area (Å²) < 4.78 is 0. The lowest BCUT2D eigenvalue weighted by Gasteiger charge is -2.21. The van der Waals surface area contributed by atoms with Crippen molar-refractivity contribution in [2.24, 2.45) is 4.99 Å². The van der Waals surface area contributed by atoms with Gasteiger partial charge in [0.1, 0.15) is 0 Å². The lowest BCUT2D eigenvalue weighted by atomic mass is 10.4. The molecule has 0 bridgehead atoms. The summed E-state index contributed by atoms with van der Waals surface area (Å²) in [6, 6.07) is 0. The minimum absolute atomic E-state index is 0.666. The van der Waals surface area contributed by atoms with Crippen LogP contribution in [0.25, 0.3) is 0 Å². The van der Waals surface area contributed by atoms with Crippen LogP contribution in [-0.2, 0) is 13.1 Å². The number of thiazole rings is 2. The molecule has 5 nitrogen and oxygen atoms in total. The van der Waals surface area contributed by atoms with Gasteiger partial charge in [-0.1, -0.05) is 0 Å². The third kappa shape index (κ3) is 4.50. The van der Waals surface area contributed by atoms with Gasteiger partial charge in [-0.05, 0) is 20.8 Å². The lowest BCUT2D eigenvalue weighted by molar-refractivity contribution is 0.471. The Morgan fingerprint density at radius 1 is 1.38 bits per heavy atom. The molecule has 0 aliphatic rings. The van der Waals surface area contributed by atoms with Gasteiger partial charge in [-0.2, -0.15) is 0 Å². The van der Waals surface area contributed by atoms with Gasteiger partial charge in [0.05, 0.1) is 35.0 Å². The van der Waals surface area contributed by atoms with Gasteiger partial charge in [0.25, 0.3) is 0 Å². The van der Waals surface area contributed by atoms with Crippen molar-refractivity contribution in [1.82, 2.24) is 20.2 Å². The highest BCUT2D eigenvalue weighted by Crippen LogP contribution is 2.14. The first kappa shape index (κ1) is 15.9. The molecule has 0 aromatic carbocycles. The van der Waals surface area contributed by atoms with Crippen LogP contribution in [0.4, 0.5) is 0 Å². The summed E-state index contributed by atoms with van der Waals surface area (Å²) >= 11 is 3.33. The van der Waals surface area contributed by atoms with Crippen molar-refractivity contribution in [3.05, 3.63) is 32.2 Å². The van der Waals surface area contributed by atoms with Crippen LogP contribution in [0, 0.1) is 13.8 Å². The number of rotatable bonds is 5. The number of aryl methyl sites for hydroxylation is 2. The second-order valence-electron chi connectivity index (χ2n) is 4.75. The molecule has 114 valence electrons. The molecular formula is C14H21N5S2. The van der Waals surface area contributed by atoms with E-state index in [0.29, 0.717) is 6.54 Å². The third-order valence-electron chi connectivity index (χ3n) is 2.98. The second kappa shape index (κ2) is 7.51. The summed E-state index contributed by atoms with van der Waals surface area (Å²) in [7, 11) is 2.04. The molecule has 0 aliphatic heterocycles. The molecular weight excluding hydrogens is 302 g/mol. The summed E-state index contributed by atoms with van der Waals surface area (Å²) in [5, 5.41) is 6.52. The molecule has 2 aromatic rings. The minimum atomic E-state index is 0.666. The van der Waals surface area contributed by atoms with E-state index in [1.54, 1.807) is 22.7 Å². The van der Waals surface area contributed by atoms with Crippen molar-refractivity contribution in [3.8, 4) is 0 Å². The fourth-order valence-electron chi connectivity index (χ4n) is 1.89. The number of hydrogen-bond donors (Lipinski definition) is 1. The van der Waals surface area contributed by atoms with E-state index in [-0.39, 0.29) is 0 Å². The number of guanidine groups is 1. The molecule has 0 aliphatic carbocycles. The van der Waals surface area contributed by atoms with Gasteiger partial charge >= 0.3 is 0 Å². The van der Waals surface area contributed by atoms with Crippen LogP contribution in [0.15, 0.2) is 15.9 Å². The van der Waals surface area contributed by atoms with Crippen LogP contribution < -0.4 is 5.32 Å². The summed E-state index contributed by atoms with van der Waals surface area (Å²) in [4.78, 5) is 16.8. The van der Waals surface area contributed by atoms with E-state index in [2.05, 4.69) is 32.5 Å². The van der Waals surface area contributed by atoms with Gasteiger partial charge in [-0.25, -0.2) is 15.0 Å². The molecule has 1 N–H and O–H groups in total. The fraction of sp³-hybridized carbons (Fsp3) is 0.500. The Morgan fingerprint density at radius 3 is 2.76 bits per heavy atom. The predicted octanol–water partition coefficient (Wildman–Crippen LogP) is 2.81. The first-order valence-electron chi connectivity index (χ1n) is 6.89. The zero-order valence-electron chi connectivity index (χ0n) is 12.9. The summed E-state index contributed by atoms with van der Waals surface area (Å²) in [6.45, 7) is 8.41. The average Bonchev–Trinajstić information content (AvgIpc) is 3.03. The van der Waals surface area contributed by atoms with Gasteiger partial charge in [-0.3, -0.25) is 0 Å². The monoisotopic (exact) mass is 323 g/mol. The second-order valence-corrected chi connectivity index (χ2v) is 6.75.